The smallest absolute Gasteiger partial charge is 0.856 e. The second kappa shape index (κ2) is 23.5. The number of nitrogen functional groups attached to an aromatic ring is 2. The van der Waals surface area contributed by atoms with Gasteiger partial charge in [0.15, 0.2) is 41.4 Å². The van der Waals surface area contributed by atoms with Gasteiger partial charge in [0.1, 0.15) is 30.0 Å². The molecule has 1 aromatic carbocycles. The number of carbonyl (C=O) groups is 1. The van der Waals surface area contributed by atoms with E-state index >= 15 is 0 Å². The molecule has 2 saturated heterocycles. The summed E-state index contributed by atoms with van der Waals surface area (Å²) in [5, 5.41) is 45.0. The van der Waals surface area contributed by atoms with Gasteiger partial charge in [0, 0.05) is 25.1 Å². The number of imidazole rings is 2. The standard InChI is InChI=1S/C32H40N11O22P3.3Na/c1-32(2,13-5-7-14(8-6-13)43(49)50)63-31(48)62-21-16(61-28(22(21)57-4)42-12-40(3)18-24(42)37-30(34)39-26(18)47)10-59-67(53,54)65-68(55,56)64-66(51,52)58-9-15-19(44)20(45)27(60-15)41-11-35-17-23(41)36-29(33)38-25(17)46;;;/h5-8,11-12,15-16,19-22,27-28,44-45H,9-10H2,1-4H3,(H8-,33,34,36,37,38,39,46,47,51,52,53,54,55,56);;;/q;3*+1/p-3/t15-,16-,19+,20?,21+,22?,27-,28-;;;/m1.../s1. The fourth-order valence-electron chi connectivity index (χ4n) is 7.12. The molecular weight excluding hydrogens is 1050 g/mol. The predicted octanol–water partition coefficient (Wildman–Crippen LogP) is -12.0. The maximum absolute atomic E-state index is 13.4. The number of hydrogen-bond donors (Lipinski definition) is 5. The molecular formula is C32H37N11Na3O22P3. The van der Waals surface area contributed by atoms with Crippen molar-refractivity contribution in [1.82, 2.24) is 34.1 Å². The average Bonchev–Trinajstić information content (AvgIpc) is 3.97. The number of nitro groups is 1. The van der Waals surface area contributed by atoms with Crippen molar-refractivity contribution in [3.63, 3.8) is 0 Å². The summed E-state index contributed by atoms with van der Waals surface area (Å²) in [6, 6.07) is 4.94. The van der Waals surface area contributed by atoms with Crippen molar-refractivity contribution in [3.05, 3.63) is 63.0 Å². The number of hydrogen-bond acceptors (Lipinski definition) is 28. The third-order valence-electron chi connectivity index (χ3n) is 10.2. The molecule has 370 valence electrons. The van der Waals surface area contributed by atoms with Crippen molar-refractivity contribution in [3.8, 4) is 5.88 Å². The van der Waals surface area contributed by atoms with Gasteiger partial charge in [0.25, 0.3) is 40.7 Å². The van der Waals surface area contributed by atoms with E-state index in [0.717, 1.165) is 30.1 Å². The van der Waals surface area contributed by atoms with Gasteiger partial charge in [-0.1, -0.05) is 4.98 Å². The van der Waals surface area contributed by atoms with Gasteiger partial charge in [0.05, 0.1) is 31.5 Å². The number of methoxy groups -OCH3 is 1. The number of aliphatic hydroxyl groups is 2. The van der Waals surface area contributed by atoms with E-state index in [0.29, 0.717) is 0 Å². The number of non-ortho nitro benzene ring substituents is 1. The van der Waals surface area contributed by atoms with Crippen LogP contribution in [0, 0.1) is 10.1 Å². The van der Waals surface area contributed by atoms with Crippen molar-refractivity contribution >= 4 is 69.5 Å². The molecule has 0 spiro atoms. The van der Waals surface area contributed by atoms with Crippen molar-refractivity contribution in [1.29, 1.82) is 0 Å². The van der Waals surface area contributed by atoms with Crippen LogP contribution in [-0.2, 0) is 67.7 Å². The Labute approximate surface area is 463 Å². The van der Waals surface area contributed by atoms with Crippen LogP contribution in [0.25, 0.3) is 22.3 Å². The second-order valence-corrected chi connectivity index (χ2v) is 19.6. The number of fused-ring (bicyclic) bond motifs is 2. The van der Waals surface area contributed by atoms with Gasteiger partial charge in [-0.2, -0.15) is 4.98 Å². The first-order chi connectivity index (χ1) is 31.7. The quantitative estimate of drug-likeness (QED) is 0.0144. The number of ether oxygens (including phenoxy) is 5. The van der Waals surface area contributed by atoms with Gasteiger partial charge in [-0.3, -0.25) is 42.7 Å². The molecule has 33 nitrogen and oxygen atoms in total. The molecule has 0 saturated carbocycles. The summed E-state index contributed by atoms with van der Waals surface area (Å²) in [5.74, 6) is -1.62. The number of nitro benzene ring substituents is 1. The molecule has 2 fully saturated rings. The molecule has 2 aliphatic rings. The van der Waals surface area contributed by atoms with Crippen LogP contribution in [0.4, 0.5) is 22.4 Å². The number of anilines is 2. The fourth-order valence-corrected chi connectivity index (χ4v) is 10.5. The molecule has 0 amide bonds. The first-order valence-electron chi connectivity index (χ1n) is 19.1. The maximum atomic E-state index is 13.4. The van der Waals surface area contributed by atoms with Crippen molar-refractivity contribution in [2.45, 2.75) is 68.5 Å². The number of nitrogens with zero attached hydrogens (tertiary/aromatic N) is 8. The Balaban J connectivity index is 0.00000365. The Morgan fingerprint density at radius 3 is 2.14 bits per heavy atom. The Morgan fingerprint density at radius 1 is 0.944 bits per heavy atom. The summed E-state index contributed by atoms with van der Waals surface area (Å²) < 4.78 is 86.9. The summed E-state index contributed by atoms with van der Waals surface area (Å²) in [7, 11) is -16.3. The molecule has 2 aliphatic heterocycles. The monoisotopic (exact) mass is 1090 g/mol. The van der Waals surface area contributed by atoms with Crippen LogP contribution in [0.2, 0.25) is 0 Å². The first kappa shape index (κ1) is 61.0. The topological polar surface area (TPSA) is 477 Å². The van der Waals surface area contributed by atoms with E-state index in [4.69, 9.17) is 39.7 Å². The first-order valence-corrected chi connectivity index (χ1v) is 23.5. The molecule has 5 unspecified atom stereocenters. The SMILES string of the molecule is COC1[C@@H](OC(=O)OC(C)(C)c2ccc([N+](=O)[O-])cc2)[C@@H](COP(=O)([O-])OP(=O)([O-])OP(=O)([O-])OC[C@H]2O[C@@H](n3cnc4c(=O)[nH]c(N)nc43)C(O)[C@H]2O)O[C@H]1[n+]1cn(C)c2c([O-])nc(N)nc21.[Na+].[Na+].[Na+]. The van der Waals surface area contributed by atoms with Gasteiger partial charge in [0.2, 0.25) is 12.2 Å². The molecule has 0 radical (unpaired) electrons. The fraction of sp³-hybridized carbons (Fsp3) is 0.469. The number of nitrogens with two attached hydrogens (primary N) is 2. The molecule has 0 aliphatic carbocycles. The van der Waals surface area contributed by atoms with Crippen LogP contribution in [0.1, 0.15) is 31.9 Å². The third kappa shape index (κ3) is 13.6. The Hall–Kier alpha value is -2.60. The Bertz CT molecular complexity index is 2970. The molecule has 6 heterocycles. The zero-order valence-electron chi connectivity index (χ0n) is 38.1. The second-order valence-electron chi connectivity index (χ2n) is 15.1. The number of rotatable bonds is 17. The molecule has 7 rings (SSSR count). The average molecular weight is 1090 g/mol. The minimum atomic E-state index is -6.53. The van der Waals surface area contributed by atoms with Gasteiger partial charge < -0.3 is 74.2 Å². The minimum absolute atomic E-state index is 0. The number of nitrogens with one attached hydrogen (secondary N) is 1. The molecule has 7 N–H and O–H groups in total. The van der Waals surface area contributed by atoms with Gasteiger partial charge in [-0.05, 0) is 31.5 Å². The number of phosphoric ester groups is 2. The molecule has 5 aromatic rings. The summed E-state index contributed by atoms with van der Waals surface area (Å²) >= 11 is 0. The maximum Gasteiger partial charge on any atom is 1.00 e. The van der Waals surface area contributed by atoms with Crippen LogP contribution in [0.3, 0.4) is 0 Å². The van der Waals surface area contributed by atoms with Crippen LogP contribution < -0.4 is 130 Å². The molecule has 0 bridgehead atoms. The zero-order valence-corrected chi connectivity index (χ0v) is 46.8. The van der Waals surface area contributed by atoms with E-state index in [2.05, 4.69) is 38.1 Å². The number of aromatic nitrogens is 8. The van der Waals surface area contributed by atoms with Crippen LogP contribution >= 0.6 is 23.5 Å². The Kier molecular flexibility index (Phi) is 20.2. The van der Waals surface area contributed by atoms with Crippen LogP contribution in [0.15, 0.2) is 41.7 Å². The van der Waals surface area contributed by atoms with Gasteiger partial charge in [-0.25, -0.2) is 28.0 Å². The van der Waals surface area contributed by atoms with Crippen molar-refractivity contribution < 1.29 is 188 Å². The van der Waals surface area contributed by atoms with Crippen LogP contribution in [-0.4, -0.2) is 112 Å². The molecule has 71 heavy (non-hydrogen) atoms. The zero-order chi connectivity index (χ0) is 49.8. The van der Waals surface area contributed by atoms with E-state index in [1.807, 2.05) is 0 Å². The summed E-state index contributed by atoms with van der Waals surface area (Å²) in [6.07, 6.45) is -12.7. The largest absolute Gasteiger partial charge is 1.00 e. The van der Waals surface area contributed by atoms with E-state index in [9.17, 15) is 63.4 Å². The third-order valence-corrected chi connectivity index (χ3v) is 14.3. The molecule has 11 atom stereocenters. The van der Waals surface area contributed by atoms with Gasteiger partial charge in [-0.15, -0.1) is 0 Å². The molecule has 39 heteroatoms. The van der Waals surface area contributed by atoms with E-state index < -0.39 is 120 Å². The summed E-state index contributed by atoms with van der Waals surface area (Å²) in [5.41, 5.74) is 8.32. The summed E-state index contributed by atoms with van der Waals surface area (Å²) in [4.78, 5) is 91.9. The number of phosphoric acid groups is 3. The van der Waals surface area contributed by atoms with Crippen molar-refractivity contribution in [2.24, 2.45) is 7.05 Å². The van der Waals surface area contributed by atoms with Crippen molar-refractivity contribution in [2.75, 3.05) is 31.8 Å². The van der Waals surface area contributed by atoms with E-state index in [1.54, 1.807) is 0 Å². The van der Waals surface area contributed by atoms with Gasteiger partial charge >= 0.3 is 100 Å². The number of carbonyl (C=O) groups excluding carboxylic acids is 1. The van der Waals surface area contributed by atoms with Crippen LogP contribution in [0.5, 0.6) is 5.88 Å². The summed E-state index contributed by atoms with van der Waals surface area (Å²) in [6.45, 7) is 0.295. The number of aromatic amines is 1. The normalized spacial score (nSPS) is 24.7. The van der Waals surface area contributed by atoms with E-state index in [-0.39, 0.29) is 128 Å². The Morgan fingerprint density at radius 2 is 1.55 bits per heavy atom. The van der Waals surface area contributed by atoms with E-state index in [1.165, 1.54) is 48.5 Å². The number of aliphatic hydroxyl groups excluding tert-OH is 2. The minimum Gasteiger partial charge on any atom is -0.856 e. The number of aryl methyl sites for hydroxylation is 1. The predicted molar refractivity (Wildman–Crippen MR) is 210 cm³/mol. The number of H-pyrrole nitrogens is 1. The number of benzene rings is 1. The molecule has 4 aromatic heterocycles.